The largest absolute Gasteiger partial charge is 0.356 e. The van der Waals surface area contributed by atoms with Gasteiger partial charge in [-0.1, -0.05) is 49.6 Å². The molecule has 0 bridgehead atoms. The number of hydrogen-bond acceptors (Lipinski definition) is 3. The summed E-state index contributed by atoms with van der Waals surface area (Å²) in [5.41, 5.74) is 0.874. The van der Waals surface area contributed by atoms with Crippen molar-refractivity contribution in [1.29, 1.82) is 0 Å². The maximum Gasteiger partial charge on any atom is 0.223 e. The highest BCUT2D eigenvalue weighted by atomic mass is 32.2. The van der Waals surface area contributed by atoms with Crippen molar-refractivity contribution in [3.8, 4) is 0 Å². The van der Waals surface area contributed by atoms with Crippen molar-refractivity contribution >= 4 is 15.9 Å². The van der Waals surface area contributed by atoms with Crippen LogP contribution in [0.2, 0.25) is 0 Å². The van der Waals surface area contributed by atoms with Gasteiger partial charge in [0.2, 0.25) is 15.9 Å². The number of benzene rings is 1. The Hall–Kier alpha value is -1.40. The van der Waals surface area contributed by atoms with Crippen LogP contribution in [0.1, 0.15) is 50.5 Å². The molecular formula is C21H30N2O3S. The number of rotatable bonds is 6. The molecule has 1 aromatic rings. The van der Waals surface area contributed by atoms with Crippen LogP contribution in [0, 0.1) is 17.3 Å². The molecule has 1 heterocycles. The molecule has 1 saturated heterocycles. The van der Waals surface area contributed by atoms with Crippen molar-refractivity contribution in [2.24, 2.45) is 17.3 Å². The third-order valence-electron chi connectivity index (χ3n) is 6.69. The molecule has 2 aliphatic carbocycles. The van der Waals surface area contributed by atoms with Gasteiger partial charge in [-0.25, -0.2) is 12.7 Å². The fourth-order valence-electron chi connectivity index (χ4n) is 4.89. The molecule has 1 amide bonds. The lowest BCUT2D eigenvalue weighted by Crippen LogP contribution is -2.40. The van der Waals surface area contributed by atoms with Crippen molar-refractivity contribution in [2.45, 2.75) is 50.7 Å². The highest BCUT2D eigenvalue weighted by molar-refractivity contribution is 7.88. The van der Waals surface area contributed by atoms with Gasteiger partial charge in [-0.2, -0.15) is 0 Å². The molecule has 3 aliphatic rings. The number of sulfonamides is 1. The van der Waals surface area contributed by atoms with E-state index in [1.165, 1.54) is 19.3 Å². The molecule has 3 fully saturated rings. The van der Waals surface area contributed by atoms with Gasteiger partial charge in [-0.05, 0) is 42.6 Å². The van der Waals surface area contributed by atoms with Crippen LogP contribution in [-0.2, 0) is 20.6 Å². The number of nitrogens with zero attached hydrogens (tertiary/aromatic N) is 1. The van der Waals surface area contributed by atoms with Crippen LogP contribution >= 0.6 is 0 Å². The molecule has 2 saturated carbocycles. The first-order valence-electron chi connectivity index (χ1n) is 10.3. The Morgan fingerprint density at radius 3 is 2.48 bits per heavy atom. The third kappa shape index (κ3) is 4.21. The van der Waals surface area contributed by atoms with Gasteiger partial charge in [0, 0.05) is 25.6 Å². The zero-order valence-corrected chi connectivity index (χ0v) is 16.7. The van der Waals surface area contributed by atoms with E-state index in [4.69, 9.17) is 0 Å². The minimum Gasteiger partial charge on any atom is -0.356 e. The molecule has 6 heteroatoms. The standard InChI is InChI=1S/C21H30N2O3S/c24-20(18-9-10-18)22-13-19-14-23(16-21(19)11-5-2-6-12-21)27(25,26)15-17-7-3-1-4-8-17/h1,3-4,7-8,18-19H,2,5-6,9-16H2,(H,22,24). The molecule has 27 heavy (non-hydrogen) atoms. The molecule has 0 aromatic heterocycles. The van der Waals surface area contributed by atoms with Gasteiger partial charge in [0.1, 0.15) is 0 Å². The average Bonchev–Trinajstić information content (AvgIpc) is 3.45. The molecule has 1 aliphatic heterocycles. The molecule has 1 spiro atoms. The molecule has 1 aromatic carbocycles. The van der Waals surface area contributed by atoms with Crippen LogP contribution in [-0.4, -0.2) is 38.3 Å². The first kappa shape index (κ1) is 18.9. The van der Waals surface area contributed by atoms with E-state index in [1.807, 2.05) is 30.3 Å². The number of carbonyl (C=O) groups is 1. The second-order valence-electron chi connectivity index (χ2n) is 8.67. The van der Waals surface area contributed by atoms with Crippen molar-refractivity contribution < 1.29 is 13.2 Å². The van der Waals surface area contributed by atoms with E-state index in [0.29, 0.717) is 19.6 Å². The summed E-state index contributed by atoms with van der Waals surface area (Å²) in [7, 11) is -3.34. The summed E-state index contributed by atoms with van der Waals surface area (Å²) in [5.74, 6) is 0.648. The minimum absolute atomic E-state index is 0.0405. The van der Waals surface area contributed by atoms with E-state index in [-0.39, 0.29) is 28.9 Å². The summed E-state index contributed by atoms with van der Waals surface area (Å²) < 4.78 is 27.8. The zero-order valence-electron chi connectivity index (χ0n) is 15.9. The second kappa shape index (κ2) is 7.55. The van der Waals surface area contributed by atoms with Crippen LogP contribution in [0.15, 0.2) is 30.3 Å². The molecular weight excluding hydrogens is 360 g/mol. The first-order valence-corrected chi connectivity index (χ1v) is 11.9. The second-order valence-corrected chi connectivity index (χ2v) is 10.6. The predicted molar refractivity (Wildman–Crippen MR) is 105 cm³/mol. The zero-order chi connectivity index (χ0) is 18.9. The van der Waals surface area contributed by atoms with E-state index in [1.54, 1.807) is 4.31 Å². The average molecular weight is 391 g/mol. The van der Waals surface area contributed by atoms with Gasteiger partial charge in [0.25, 0.3) is 0 Å². The SMILES string of the molecule is O=C(NCC1CN(S(=O)(=O)Cc2ccccc2)CC12CCCCC2)C1CC1. The smallest absolute Gasteiger partial charge is 0.223 e. The Morgan fingerprint density at radius 2 is 1.81 bits per heavy atom. The van der Waals surface area contributed by atoms with Gasteiger partial charge in [0.15, 0.2) is 0 Å². The Morgan fingerprint density at radius 1 is 1.11 bits per heavy atom. The Kier molecular flexibility index (Phi) is 5.30. The monoisotopic (exact) mass is 390 g/mol. The molecule has 148 valence electrons. The summed E-state index contributed by atoms with van der Waals surface area (Å²) in [6.07, 6.45) is 7.72. The maximum absolute atomic E-state index is 13.1. The highest BCUT2D eigenvalue weighted by Crippen LogP contribution is 2.48. The maximum atomic E-state index is 13.1. The van der Waals surface area contributed by atoms with Crippen LogP contribution in [0.3, 0.4) is 0 Å². The van der Waals surface area contributed by atoms with E-state index in [9.17, 15) is 13.2 Å². The normalized spacial score (nSPS) is 25.6. The fraction of sp³-hybridized carbons (Fsp3) is 0.667. The summed E-state index contributed by atoms with van der Waals surface area (Å²) in [5, 5.41) is 3.12. The van der Waals surface area contributed by atoms with Crippen molar-refractivity contribution in [1.82, 2.24) is 9.62 Å². The summed E-state index contributed by atoms with van der Waals surface area (Å²) in [4.78, 5) is 12.1. The van der Waals surface area contributed by atoms with Crippen molar-refractivity contribution in [3.05, 3.63) is 35.9 Å². The Balaban J connectivity index is 1.48. The van der Waals surface area contributed by atoms with E-state index < -0.39 is 10.0 Å². The van der Waals surface area contributed by atoms with Crippen LogP contribution < -0.4 is 5.32 Å². The lowest BCUT2D eigenvalue weighted by atomic mass is 9.68. The van der Waals surface area contributed by atoms with E-state index >= 15 is 0 Å². The minimum atomic E-state index is -3.34. The van der Waals surface area contributed by atoms with E-state index in [0.717, 1.165) is 31.2 Å². The van der Waals surface area contributed by atoms with Gasteiger partial charge < -0.3 is 5.32 Å². The number of hydrogen-bond donors (Lipinski definition) is 1. The lowest BCUT2D eigenvalue weighted by Gasteiger charge is -2.38. The van der Waals surface area contributed by atoms with Gasteiger partial charge >= 0.3 is 0 Å². The summed E-state index contributed by atoms with van der Waals surface area (Å²) in [6.45, 7) is 1.78. The molecule has 0 radical (unpaired) electrons. The quantitative estimate of drug-likeness (QED) is 0.812. The summed E-state index contributed by atoms with van der Waals surface area (Å²) in [6, 6.07) is 9.41. The van der Waals surface area contributed by atoms with Gasteiger partial charge in [0.05, 0.1) is 5.75 Å². The topological polar surface area (TPSA) is 66.5 Å². The van der Waals surface area contributed by atoms with Crippen LogP contribution in [0.25, 0.3) is 0 Å². The number of nitrogens with one attached hydrogen (secondary N) is 1. The van der Waals surface area contributed by atoms with Crippen LogP contribution in [0.5, 0.6) is 0 Å². The predicted octanol–water partition coefficient (Wildman–Crippen LogP) is 2.92. The number of carbonyl (C=O) groups excluding carboxylic acids is 1. The molecule has 4 rings (SSSR count). The Labute approximate surface area is 162 Å². The van der Waals surface area contributed by atoms with Gasteiger partial charge in [-0.15, -0.1) is 0 Å². The van der Waals surface area contributed by atoms with Crippen molar-refractivity contribution in [2.75, 3.05) is 19.6 Å². The van der Waals surface area contributed by atoms with E-state index in [2.05, 4.69) is 5.32 Å². The number of amides is 1. The first-order chi connectivity index (χ1) is 13.0. The van der Waals surface area contributed by atoms with Gasteiger partial charge in [-0.3, -0.25) is 4.79 Å². The summed E-state index contributed by atoms with van der Waals surface area (Å²) >= 11 is 0. The molecule has 1 unspecified atom stereocenters. The van der Waals surface area contributed by atoms with Crippen LogP contribution in [0.4, 0.5) is 0 Å². The fourth-order valence-corrected chi connectivity index (χ4v) is 6.55. The Bertz CT molecular complexity index is 768. The van der Waals surface area contributed by atoms with Crippen molar-refractivity contribution in [3.63, 3.8) is 0 Å². The molecule has 1 N–H and O–H groups in total. The molecule has 5 nitrogen and oxygen atoms in total. The lowest BCUT2D eigenvalue weighted by molar-refractivity contribution is -0.122. The molecule has 1 atom stereocenters. The highest BCUT2D eigenvalue weighted by Gasteiger charge is 2.49. The third-order valence-corrected chi connectivity index (χ3v) is 8.45.